The maximum absolute atomic E-state index is 13.7. The number of aromatic nitrogens is 1. The molecule has 0 radical (unpaired) electrons. The Bertz CT molecular complexity index is 740. The summed E-state index contributed by atoms with van der Waals surface area (Å²) >= 11 is 1.31. The van der Waals surface area contributed by atoms with Gasteiger partial charge in [-0.25, -0.2) is 13.8 Å². The number of anilines is 1. The molecule has 0 aliphatic carbocycles. The van der Waals surface area contributed by atoms with E-state index in [4.69, 9.17) is 0 Å². The molecule has 0 spiro atoms. The second-order valence-electron chi connectivity index (χ2n) is 6.11. The number of halogens is 3. The minimum atomic E-state index is -0.593. The highest BCUT2D eigenvalue weighted by atomic mass is 35.5. The zero-order chi connectivity index (χ0) is 17.1. The molecule has 1 aliphatic rings. The van der Waals surface area contributed by atoms with Crippen molar-refractivity contribution in [2.45, 2.75) is 32.2 Å². The van der Waals surface area contributed by atoms with Crippen LogP contribution in [0.15, 0.2) is 24.4 Å². The van der Waals surface area contributed by atoms with Crippen LogP contribution in [0.1, 0.15) is 30.2 Å². The fourth-order valence-corrected chi connectivity index (χ4v) is 3.72. The number of thiazole rings is 1. The number of benzene rings is 1. The smallest absolute Gasteiger partial charge is 0.229 e. The number of carbonyl (C=O) groups is 1. The summed E-state index contributed by atoms with van der Waals surface area (Å²) < 4.78 is 26.6. The molecular weight excluding hydrogens is 368 g/mol. The average Bonchev–Trinajstić information content (AvgIpc) is 2.97. The first-order valence-electron chi connectivity index (χ1n) is 7.94. The quantitative estimate of drug-likeness (QED) is 0.839. The Morgan fingerprint density at radius 2 is 2.24 bits per heavy atom. The van der Waals surface area contributed by atoms with Crippen molar-refractivity contribution in [3.63, 3.8) is 0 Å². The lowest BCUT2D eigenvalue weighted by molar-refractivity contribution is -0.120. The van der Waals surface area contributed by atoms with Crippen molar-refractivity contribution in [2.75, 3.05) is 11.9 Å². The number of hydrogen-bond acceptors (Lipinski definition) is 4. The van der Waals surface area contributed by atoms with E-state index in [2.05, 4.69) is 22.5 Å². The molecule has 2 aromatic rings. The topological polar surface area (TPSA) is 54.0 Å². The summed E-state index contributed by atoms with van der Waals surface area (Å²) in [5.74, 6) is -1.19. The fourth-order valence-electron chi connectivity index (χ4n) is 2.88. The van der Waals surface area contributed by atoms with E-state index < -0.39 is 11.6 Å². The summed E-state index contributed by atoms with van der Waals surface area (Å²) in [6.45, 7) is 2.91. The van der Waals surface area contributed by atoms with Crippen molar-refractivity contribution >= 4 is 34.8 Å². The van der Waals surface area contributed by atoms with Gasteiger partial charge in [-0.05, 0) is 37.9 Å². The van der Waals surface area contributed by atoms with Crippen LogP contribution in [0.4, 0.5) is 13.9 Å². The van der Waals surface area contributed by atoms with Crippen molar-refractivity contribution in [3.05, 3.63) is 46.5 Å². The molecule has 0 unspecified atom stereocenters. The molecule has 1 fully saturated rings. The van der Waals surface area contributed by atoms with Crippen molar-refractivity contribution in [1.82, 2.24) is 10.3 Å². The predicted molar refractivity (Wildman–Crippen MR) is 97.3 cm³/mol. The number of amides is 1. The van der Waals surface area contributed by atoms with Crippen LogP contribution >= 0.6 is 23.7 Å². The third-order valence-corrected chi connectivity index (χ3v) is 5.07. The van der Waals surface area contributed by atoms with Crippen LogP contribution in [0.2, 0.25) is 0 Å². The summed E-state index contributed by atoms with van der Waals surface area (Å²) in [6.07, 6.45) is 3.57. The van der Waals surface area contributed by atoms with E-state index in [1.807, 2.05) is 0 Å². The van der Waals surface area contributed by atoms with E-state index in [-0.39, 0.29) is 24.2 Å². The molecule has 1 aromatic heterocycles. The zero-order valence-electron chi connectivity index (χ0n) is 13.7. The van der Waals surface area contributed by atoms with E-state index in [0.29, 0.717) is 23.2 Å². The normalized spacial score (nSPS) is 20.0. The second-order valence-corrected chi connectivity index (χ2v) is 7.23. The van der Waals surface area contributed by atoms with Crippen molar-refractivity contribution in [1.29, 1.82) is 0 Å². The first-order valence-corrected chi connectivity index (χ1v) is 8.76. The van der Waals surface area contributed by atoms with Gasteiger partial charge >= 0.3 is 0 Å². The van der Waals surface area contributed by atoms with Gasteiger partial charge in [-0.2, -0.15) is 0 Å². The Morgan fingerprint density at radius 3 is 2.96 bits per heavy atom. The number of rotatable bonds is 4. The van der Waals surface area contributed by atoms with Crippen molar-refractivity contribution < 1.29 is 13.6 Å². The molecule has 1 aliphatic heterocycles. The first-order chi connectivity index (χ1) is 11.5. The van der Waals surface area contributed by atoms with Gasteiger partial charge in [0.25, 0.3) is 0 Å². The number of nitrogens with zero attached hydrogens (tertiary/aromatic N) is 1. The van der Waals surface area contributed by atoms with Crippen molar-refractivity contribution in [2.24, 2.45) is 5.92 Å². The minimum Gasteiger partial charge on any atom is -0.314 e. The highest BCUT2D eigenvalue weighted by Gasteiger charge is 2.25. The maximum Gasteiger partial charge on any atom is 0.229 e. The fraction of sp³-hybridized carbons (Fsp3) is 0.412. The van der Waals surface area contributed by atoms with Crippen LogP contribution in [0.5, 0.6) is 0 Å². The van der Waals surface area contributed by atoms with Gasteiger partial charge in [0.1, 0.15) is 11.6 Å². The number of nitrogens with one attached hydrogen (secondary N) is 2. The maximum atomic E-state index is 13.7. The van der Waals surface area contributed by atoms with E-state index >= 15 is 0 Å². The second kappa shape index (κ2) is 8.69. The van der Waals surface area contributed by atoms with E-state index in [1.165, 1.54) is 23.5 Å². The van der Waals surface area contributed by atoms with Gasteiger partial charge in [0.2, 0.25) is 5.91 Å². The Labute approximate surface area is 155 Å². The van der Waals surface area contributed by atoms with Crippen LogP contribution in [-0.2, 0) is 11.2 Å². The lowest BCUT2D eigenvalue weighted by Crippen LogP contribution is -2.40. The summed E-state index contributed by atoms with van der Waals surface area (Å²) in [5.41, 5.74) is 0.408. The molecule has 25 heavy (non-hydrogen) atoms. The molecule has 3 rings (SSSR count). The van der Waals surface area contributed by atoms with Crippen LogP contribution in [0.3, 0.4) is 0 Å². The third kappa shape index (κ3) is 5.20. The van der Waals surface area contributed by atoms with Crippen LogP contribution in [0.25, 0.3) is 0 Å². The molecule has 0 bridgehead atoms. The molecule has 2 heterocycles. The van der Waals surface area contributed by atoms with E-state index in [1.54, 1.807) is 6.20 Å². The SMILES string of the molecule is C[C@H]1C[C@@H](C(=O)Nc2ncc(Cc3ccc(F)cc3F)s2)CCN1.Cl. The molecule has 136 valence electrons. The van der Waals surface area contributed by atoms with Crippen molar-refractivity contribution in [3.8, 4) is 0 Å². The number of hydrogen-bond donors (Lipinski definition) is 2. The molecule has 4 nitrogen and oxygen atoms in total. The Balaban J connectivity index is 0.00000225. The Kier molecular flexibility index (Phi) is 6.87. The van der Waals surface area contributed by atoms with Gasteiger partial charge in [0.15, 0.2) is 5.13 Å². The molecule has 2 atom stereocenters. The van der Waals surface area contributed by atoms with Gasteiger partial charge in [0, 0.05) is 35.5 Å². The molecule has 8 heteroatoms. The highest BCUT2D eigenvalue weighted by Crippen LogP contribution is 2.24. The number of piperidine rings is 1. The predicted octanol–water partition coefficient (Wildman–Crippen LogP) is 3.76. The molecule has 0 saturated carbocycles. The average molecular weight is 388 g/mol. The Hall–Kier alpha value is -1.57. The minimum absolute atomic E-state index is 0. The summed E-state index contributed by atoms with van der Waals surface area (Å²) in [6, 6.07) is 3.87. The Morgan fingerprint density at radius 1 is 1.44 bits per heavy atom. The molecule has 1 aromatic carbocycles. The molecule has 1 saturated heterocycles. The lowest BCUT2D eigenvalue weighted by Gasteiger charge is -2.26. The lowest BCUT2D eigenvalue weighted by atomic mass is 9.93. The van der Waals surface area contributed by atoms with Gasteiger partial charge in [-0.15, -0.1) is 23.7 Å². The standard InChI is InChI=1S/C17H19F2N3OS.ClH/c1-10-6-12(4-5-20-10)16(23)22-17-21-9-14(24-17)7-11-2-3-13(18)8-15(11)19;/h2-3,8-10,12,20H,4-7H2,1H3,(H,21,22,23);1H/t10-,12-;/m0./s1. The molecule has 1 amide bonds. The molecule has 2 N–H and O–H groups in total. The van der Waals surface area contributed by atoms with Crippen LogP contribution in [0, 0.1) is 17.6 Å². The van der Waals surface area contributed by atoms with Gasteiger partial charge in [-0.3, -0.25) is 4.79 Å². The van der Waals surface area contributed by atoms with E-state index in [9.17, 15) is 13.6 Å². The van der Waals surface area contributed by atoms with Crippen LogP contribution < -0.4 is 10.6 Å². The van der Waals surface area contributed by atoms with Crippen LogP contribution in [-0.4, -0.2) is 23.5 Å². The highest BCUT2D eigenvalue weighted by molar-refractivity contribution is 7.15. The van der Waals surface area contributed by atoms with E-state index in [0.717, 1.165) is 30.3 Å². The largest absolute Gasteiger partial charge is 0.314 e. The monoisotopic (exact) mass is 387 g/mol. The number of carbonyl (C=O) groups excluding carboxylic acids is 1. The summed E-state index contributed by atoms with van der Waals surface area (Å²) in [5, 5.41) is 6.68. The van der Waals surface area contributed by atoms with Gasteiger partial charge in [0.05, 0.1) is 0 Å². The van der Waals surface area contributed by atoms with Gasteiger partial charge < -0.3 is 10.6 Å². The van der Waals surface area contributed by atoms with Gasteiger partial charge in [-0.1, -0.05) is 6.07 Å². The summed E-state index contributed by atoms with van der Waals surface area (Å²) in [4.78, 5) is 17.3. The first kappa shape index (κ1) is 19.8. The summed E-state index contributed by atoms with van der Waals surface area (Å²) in [7, 11) is 0. The molecular formula is C17H20ClF2N3OS. The third-order valence-electron chi connectivity index (χ3n) is 4.16. The zero-order valence-corrected chi connectivity index (χ0v) is 15.4.